The van der Waals surface area contributed by atoms with E-state index in [0.717, 1.165) is 90.2 Å². The van der Waals surface area contributed by atoms with Gasteiger partial charge in [0.15, 0.2) is 0 Å². The SMILES string of the molecule is C=CC/C(=C\C[C@H](C)C(C)=O)C(F)(F)F.C=CC/C(=C\C[C@H](O)/C(C)=C/c1csc(C)n1)C(F)(F)F.C=CC/C(C)=C\C[C@H](C)C(C)=O.CON(C)C(=O)[C@@H](C)C/C=C(/C)I.CON(C)C(=O)[C@@H](C)C/C=C(\I)C(F)(F)F.Cc1nc(CP(=O)(c2ccccc2)c2ccccc2)cs1.Cc1nc(CP(=O)(c2ccccc2)c2ccccc2)cs1. The molecule has 7 aromatic rings. The van der Waals surface area contributed by atoms with Crippen molar-refractivity contribution in [1.82, 2.24) is 25.1 Å². The number of thiazole rings is 3. The number of hydrogen-bond donors (Lipinski definition) is 1. The summed E-state index contributed by atoms with van der Waals surface area (Å²) in [6.45, 7) is 31.8. The minimum Gasteiger partial charge on any atom is -0.388 e. The molecule has 0 aliphatic carbocycles. The lowest BCUT2D eigenvalue weighted by molar-refractivity contribution is -0.173. The number of carbonyl (C=O) groups excluding carboxylic acids is 4. The van der Waals surface area contributed by atoms with E-state index in [1.54, 1.807) is 63.5 Å². The Morgan fingerprint density at radius 2 is 0.798 bits per heavy atom. The third-order valence-electron chi connectivity index (χ3n) is 17.5. The van der Waals surface area contributed by atoms with Crippen LogP contribution in [0.5, 0.6) is 0 Å². The molecule has 0 saturated heterocycles. The molecule has 0 bridgehead atoms. The lowest BCUT2D eigenvalue weighted by Gasteiger charge is -2.18. The monoisotopic (exact) mass is 1980 g/mol. The van der Waals surface area contributed by atoms with Crippen LogP contribution in [0.3, 0.4) is 0 Å². The first-order valence-corrected chi connectivity index (χ1v) is 46.1. The molecule has 0 aliphatic heterocycles. The number of amides is 2. The maximum atomic E-state index is 13.8. The van der Waals surface area contributed by atoms with Gasteiger partial charge in [-0.25, -0.2) is 25.1 Å². The lowest BCUT2D eigenvalue weighted by atomic mass is 10.0. The van der Waals surface area contributed by atoms with Crippen molar-refractivity contribution >= 4 is 144 Å². The van der Waals surface area contributed by atoms with Crippen molar-refractivity contribution in [3.8, 4) is 0 Å². The number of aliphatic hydroxyl groups is 1. The number of aliphatic hydroxyl groups excluding tert-OH is 1. The molecule has 652 valence electrons. The standard InChI is InChI=1S/2C17H16NOPS.C15H18F3NOS.C11H15F3O.C11H18O.C9H13F3INO2.C9H16INO2/c2*1-14-18-15(13-21-14)12-20(19,16-8-4-2-5-9-16)17-10-6-3-7-11-17;1-4-5-12(15(16,17)18)6-7-14(20)10(2)8-13-9-21-11(3)19-13;1-4-5-10(11(12,13)14)7-6-8(2)9(3)15;1-5-6-9(2)7-8-10(3)11(4)12;1-6(8(15)14(2)16-3)4-5-7(13)9(10,11)12;1-7(5-6-8(2)10)9(12)11(3)13-4/h2*2-11,13H,12H2,1H3;4,6,8-9,14,20H,1,5,7H2,2-3H3;4,7-8H,1,5-6H2,2-3H3;5,7,10H,1,6,8H2,2-4H3;5-6H,4H2,1-3H3;6-7H,5H2,1-4H3/b;;10-8+,12-6+;10-7+;9-7-;7-5-;8-6-/t;;14-;8-;10-;6-;7-/m..00000/s1. The van der Waals surface area contributed by atoms with Crippen LogP contribution in [0.4, 0.5) is 39.5 Å². The molecule has 0 spiro atoms. The zero-order chi connectivity index (χ0) is 90.4. The van der Waals surface area contributed by atoms with Gasteiger partial charge in [0.1, 0.15) is 25.9 Å². The van der Waals surface area contributed by atoms with Crippen molar-refractivity contribution in [1.29, 1.82) is 0 Å². The van der Waals surface area contributed by atoms with Gasteiger partial charge in [0, 0.05) is 86.3 Å². The molecule has 3 heterocycles. The summed E-state index contributed by atoms with van der Waals surface area (Å²) < 4.78 is 140. The second-order valence-corrected chi connectivity index (χ2v) is 39.1. The largest absolute Gasteiger partial charge is 0.421 e. The summed E-state index contributed by atoms with van der Waals surface area (Å²) in [5.41, 5.74) is 3.08. The van der Waals surface area contributed by atoms with Crippen LogP contribution in [0.2, 0.25) is 0 Å². The summed E-state index contributed by atoms with van der Waals surface area (Å²) in [6.07, 6.45) is 2.31. The fourth-order valence-electron chi connectivity index (χ4n) is 9.99. The van der Waals surface area contributed by atoms with E-state index in [-0.39, 0.29) is 73.2 Å². The van der Waals surface area contributed by atoms with Gasteiger partial charge in [-0.1, -0.05) is 203 Å². The Balaban J connectivity index is 0.000000702. The van der Waals surface area contributed by atoms with E-state index in [9.17, 15) is 72.9 Å². The first-order valence-electron chi connectivity index (χ1n) is 37.6. The Bertz CT molecular complexity index is 4320. The molecule has 119 heavy (non-hydrogen) atoms. The lowest BCUT2D eigenvalue weighted by Crippen LogP contribution is -2.30. The third-order valence-corrected chi connectivity index (χ3v) is 27.5. The van der Waals surface area contributed by atoms with Gasteiger partial charge < -0.3 is 14.2 Å². The molecule has 0 aliphatic rings. The number of hydroxylamine groups is 4. The normalized spacial score (nSPS) is 13.5. The summed E-state index contributed by atoms with van der Waals surface area (Å²) >= 11 is 8.13. The number of aryl methyl sites for hydroxylation is 3. The van der Waals surface area contributed by atoms with Gasteiger partial charge in [0.05, 0.1) is 68.3 Å². The van der Waals surface area contributed by atoms with E-state index in [1.807, 2.05) is 191 Å². The van der Waals surface area contributed by atoms with Crippen LogP contribution >= 0.6 is 93.5 Å². The molecule has 3 aromatic heterocycles. The number of allylic oxidation sites excluding steroid dienone is 12. The average Bonchev–Trinajstić information content (AvgIpc) is 1.72. The Morgan fingerprint density at radius 3 is 1.08 bits per heavy atom. The van der Waals surface area contributed by atoms with Crippen LogP contribution in [0.25, 0.3) is 6.08 Å². The molecular weight excluding hydrogens is 1870 g/mol. The molecule has 1 N–H and O–H groups in total. The van der Waals surface area contributed by atoms with E-state index in [4.69, 9.17) is 4.84 Å². The number of carbonyl (C=O) groups is 4. The Kier molecular flexibility index (Phi) is 52.2. The number of rotatable bonds is 32. The summed E-state index contributed by atoms with van der Waals surface area (Å²) in [5, 5.41) is 24.5. The summed E-state index contributed by atoms with van der Waals surface area (Å²) in [7, 11) is 0.471. The molecule has 7 rings (SSSR count). The van der Waals surface area contributed by atoms with Crippen molar-refractivity contribution in [3.05, 3.63) is 267 Å². The average molecular weight is 1980 g/mol. The van der Waals surface area contributed by atoms with Gasteiger partial charge in [-0.05, 0) is 167 Å². The number of alkyl halides is 9. The minimum atomic E-state index is -4.39. The highest BCUT2D eigenvalue weighted by Gasteiger charge is 2.35. The number of Topliss-reactive ketones (excluding diaryl/α,β-unsaturated/α-hetero) is 2. The Labute approximate surface area is 736 Å². The smallest absolute Gasteiger partial charge is 0.388 e. The highest BCUT2D eigenvalue weighted by Crippen LogP contribution is 2.48. The number of halogens is 11. The van der Waals surface area contributed by atoms with Crippen LogP contribution < -0.4 is 21.2 Å². The summed E-state index contributed by atoms with van der Waals surface area (Å²) in [4.78, 5) is 67.2. The Hall–Kier alpha value is -7.12. The maximum absolute atomic E-state index is 13.8. The molecular formula is C89H112F9I2N5O9P2S3. The second kappa shape index (κ2) is 56.5. The zero-order valence-corrected chi connectivity index (χ0v) is 78.8. The van der Waals surface area contributed by atoms with Crippen LogP contribution in [-0.2, 0) is 50.3 Å². The number of nitrogens with zero attached hydrogens (tertiary/aromatic N) is 5. The number of ketones is 2. The summed E-state index contributed by atoms with van der Waals surface area (Å²) in [5.74, 6) is -0.964. The van der Waals surface area contributed by atoms with Crippen LogP contribution in [0, 0.1) is 44.4 Å². The highest BCUT2D eigenvalue weighted by molar-refractivity contribution is 14.1. The van der Waals surface area contributed by atoms with Crippen LogP contribution in [0.15, 0.2) is 235 Å². The first kappa shape index (κ1) is 110. The van der Waals surface area contributed by atoms with Crippen molar-refractivity contribution in [2.24, 2.45) is 23.7 Å². The molecule has 5 atom stereocenters. The zero-order valence-electron chi connectivity index (χ0n) is 70.3. The highest BCUT2D eigenvalue weighted by atomic mass is 127. The number of aromatic nitrogens is 3. The predicted molar refractivity (Wildman–Crippen MR) is 490 cm³/mol. The fraction of sp³-hybridized carbons (Fsp3) is 0.382. The topological polar surface area (TPSA) is 186 Å². The van der Waals surface area contributed by atoms with E-state index < -0.39 is 59.6 Å². The van der Waals surface area contributed by atoms with Crippen molar-refractivity contribution in [3.63, 3.8) is 0 Å². The van der Waals surface area contributed by atoms with E-state index in [1.165, 1.54) is 88.5 Å². The van der Waals surface area contributed by atoms with Crippen LogP contribution in [-0.4, -0.2) is 107 Å². The molecule has 2 amide bonds. The molecule has 0 saturated carbocycles. The molecule has 4 aromatic carbocycles. The molecule has 0 fully saturated rings. The number of hydrogen-bond acceptors (Lipinski definition) is 15. The first-order chi connectivity index (χ1) is 55.6. The Morgan fingerprint density at radius 1 is 0.479 bits per heavy atom. The molecule has 14 nitrogen and oxygen atoms in total. The maximum Gasteiger partial charge on any atom is 0.421 e. The van der Waals surface area contributed by atoms with Gasteiger partial charge in [0.25, 0.3) is 0 Å². The van der Waals surface area contributed by atoms with Crippen molar-refractivity contribution < 1.29 is 82.6 Å². The minimum absolute atomic E-state index is 0.0106. The fourth-order valence-corrected chi connectivity index (χ4v) is 17.7. The van der Waals surface area contributed by atoms with E-state index >= 15 is 0 Å². The van der Waals surface area contributed by atoms with Gasteiger partial charge in [-0.15, -0.1) is 53.7 Å². The third kappa shape index (κ3) is 43.5. The van der Waals surface area contributed by atoms with Gasteiger partial charge in [0.2, 0.25) is 11.8 Å². The van der Waals surface area contributed by atoms with Gasteiger partial charge >= 0.3 is 18.5 Å². The van der Waals surface area contributed by atoms with E-state index in [0.29, 0.717) is 23.6 Å². The van der Waals surface area contributed by atoms with Gasteiger partial charge in [-0.2, -0.15) is 39.5 Å². The van der Waals surface area contributed by atoms with Crippen molar-refractivity contribution in [2.45, 2.75) is 171 Å². The van der Waals surface area contributed by atoms with Gasteiger partial charge in [-0.3, -0.25) is 28.9 Å². The van der Waals surface area contributed by atoms with E-state index in [2.05, 4.69) is 75.1 Å². The quantitative estimate of drug-likeness (QED) is 0.0138. The van der Waals surface area contributed by atoms with Crippen LogP contribution in [0.1, 0.15) is 146 Å². The molecule has 30 heteroatoms. The predicted octanol–water partition coefficient (Wildman–Crippen LogP) is 24.7. The molecule has 0 radical (unpaired) electrons. The summed E-state index contributed by atoms with van der Waals surface area (Å²) in [6, 6.07) is 38.9. The molecule has 0 unspecified atom stereocenters. The van der Waals surface area contributed by atoms with Crippen molar-refractivity contribution in [2.75, 3.05) is 28.3 Å². The second-order valence-electron chi connectivity index (χ2n) is 27.4. The number of benzene rings is 4.